The fourth-order valence-corrected chi connectivity index (χ4v) is 4.69. The maximum Gasteiger partial charge on any atom is 0.320 e. The first-order valence-corrected chi connectivity index (χ1v) is 10.9. The SMILES string of the molecule is CNC(=O)Nc1nc2c(s1)[C@H](C)N(c1nnc(-c3cccc(C(C)C)c3)o1)[C@H](C=O)C2. The minimum atomic E-state index is -0.493. The summed E-state index contributed by atoms with van der Waals surface area (Å²) in [4.78, 5) is 30.8. The Morgan fingerprint density at radius 3 is 2.87 bits per heavy atom. The zero-order valence-electron chi connectivity index (χ0n) is 17.7. The van der Waals surface area contributed by atoms with Crippen LogP contribution in [-0.2, 0) is 11.2 Å². The molecule has 2 atom stereocenters. The largest absolute Gasteiger partial charge is 0.403 e. The van der Waals surface area contributed by atoms with Crippen molar-refractivity contribution in [3.63, 3.8) is 0 Å². The maximum atomic E-state index is 11.9. The van der Waals surface area contributed by atoms with Gasteiger partial charge in [0.05, 0.1) is 22.7 Å². The Kier molecular flexibility index (Phi) is 5.73. The third kappa shape index (κ3) is 4.02. The van der Waals surface area contributed by atoms with Gasteiger partial charge in [-0.2, -0.15) is 0 Å². The minimum absolute atomic E-state index is 0.216. The highest BCUT2D eigenvalue weighted by molar-refractivity contribution is 7.16. The summed E-state index contributed by atoms with van der Waals surface area (Å²) in [5.74, 6) is 0.790. The van der Waals surface area contributed by atoms with Gasteiger partial charge in [0.25, 0.3) is 0 Å². The number of carbonyl (C=O) groups excluding carboxylic acids is 2. The van der Waals surface area contributed by atoms with E-state index in [0.717, 1.165) is 22.4 Å². The van der Waals surface area contributed by atoms with Crippen LogP contribution >= 0.6 is 11.3 Å². The predicted molar refractivity (Wildman–Crippen MR) is 118 cm³/mol. The number of thiazole rings is 1. The molecule has 1 aliphatic heterocycles. The number of rotatable bonds is 5. The summed E-state index contributed by atoms with van der Waals surface area (Å²) in [5.41, 5.74) is 2.81. The molecular weight excluding hydrogens is 416 g/mol. The van der Waals surface area contributed by atoms with Gasteiger partial charge in [-0.05, 0) is 30.5 Å². The van der Waals surface area contributed by atoms with E-state index in [4.69, 9.17) is 4.42 Å². The van der Waals surface area contributed by atoms with Crippen LogP contribution in [0.3, 0.4) is 0 Å². The van der Waals surface area contributed by atoms with Gasteiger partial charge in [0.1, 0.15) is 6.29 Å². The second-order valence-corrected chi connectivity index (χ2v) is 8.73. The van der Waals surface area contributed by atoms with Crippen LogP contribution in [0.1, 0.15) is 48.9 Å². The van der Waals surface area contributed by atoms with Crippen LogP contribution in [0.5, 0.6) is 0 Å². The van der Waals surface area contributed by atoms with Crippen LogP contribution in [0, 0.1) is 0 Å². The predicted octanol–water partition coefficient (Wildman–Crippen LogP) is 3.76. The summed E-state index contributed by atoms with van der Waals surface area (Å²) in [5, 5.41) is 14.1. The zero-order chi connectivity index (χ0) is 22.1. The molecule has 3 heterocycles. The van der Waals surface area contributed by atoms with Crippen molar-refractivity contribution < 1.29 is 14.0 Å². The third-order valence-electron chi connectivity index (χ3n) is 5.32. The molecule has 2 amide bonds. The second kappa shape index (κ2) is 8.46. The van der Waals surface area contributed by atoms with E-state index < -0.39 is 6.04 Å². The molecule has 4 rings (SSSR count). The fourth-order valence-electron chi connectivity index (χ4n) is 3.65. The normalized spacial score (nSPS) is 18.0. The molecule has 0 saturated carbocycles. The number of benzene rings is 1. The lowest BCUT2D eigenvalue weighted by Crippen LogP contribution is -2.43. The van der Waals surface area contributed by atoms with E-state index in [9.17, 15) is 9.59 Å². The standard InChI is InChI=1S/C21H24N6O3S/c1-11(2)13-6-5-7-14(8-13)18-25-26-21(30-18)27-12(3)17-16(9-15(27)10-28)23-20(31-17)24-19(29)22-4/h5-8,10-12,15H,9H2,1-4H3,(H2,22,23,24,29)/t12-,15-/m0/s1. The summed E-state index contributed by atoms with van der Waals surface area (Å²) >= 11 is 1.38. The van der Waals surface area contributed by atoms with E-state index in [1.165, 1.54) is 16.9 Å². The van der Waals surface area contributed by atoms with Crippen LogP contribution in [0.2, 0.25) is 0 Å². The van der Waals surface area contributed by atoms with Gasteiger partial charge in [0.15, 0.2) is 5.13 Å². The number of aromatic nitrogens is 3. The molecule has 3 aromatic rings. The molecule has 10 heteroatoms. The first kappa shape index (κ1) is 21.0. The Balaban J connectivity index is 1.65. The average Bonchev–Trinajstić information content (AvgIpc) is 3.40. The van der Waals surface area contributed by atoms with Crippen molar-refractivity contribution in [1.29, 1.82) is 0 Å². The molecule has 1 aliphatic rings. The van der Waals surface area contributed by atoms with E-state index in [2.05, 4.69) is 45.7 Å². The van der Waals surface area contributed by atoms with Crippen LogP contribution in [0.25, 0.3) is 11.5 Å². The lowest BCUT2D eigenvalue weighted by Gasteiger charge is -2.35. The van der Waals surface area contributed by atoms with Gasteiger partial charge < -0.3 is 19.4 Å². The first-order chi connectivity index (χ1) is 14.9. The zero-order valence-corrected chi connectivity index (χ0v) is 18.6. The molecule has 0 saturated heterocycles. The van der Waals surface area contributed by atoms with Crippen molar-refractivity contribution in [2.24, 2.45) is 0 Å². The highest BCUT2D eigenvalue weighted by Gasteiger charge is 2.37. The van der Waals surface area contributed by atoms with Crippen molar-refractivity contribution in [2.45, 2.75) is 45.2 Å². The molecule has 0 bridgehead atoms. The Labute approximate surface area is 183 Å². The number of anilines is 2. The molecule has 9 nitrogen and oxygen atoms in total. The number of aldehydes is 1. The van der Waals surface area contributed by atoms with Gasteiger partial charge in [-0.25, -0.2) is 9.78 Å². The molecule has 0 spiro atoms. The van der Waals surface area contributed by atoms with Crippen LogP contribution in [0.4, 0.5) is 15.9 Å². The van der Waals surface area contributed by atoms with Crippen molar-refractivity contribution in [3.05, 3.63) is 40.4 Å². The molecule has 0 radical (unpaired) electrons. The van der Waals surface area contributed by atoms with E-state index in [0.29, 0.717) is 23.4 Å². The first-order valence-electron chi connectivity index (χ1n) is 10.1. The van der Waals surface area contributed by atoms with Gasteiger partial charge >= 0.3 is 12.0 Å². The van der Waals surface area contributed by atoms with Crippen LogP contribution in [-0.4, -0.2) is 40.6 Å². The summed E-state index contributed by atoms with van der Waals surface area (Å²) < 4.78 is 6.00. The molecule has 2 aromatic heterocycles. The second-order valence-electron chi connectivity index (χ2n) is 7.69. The highest BCUT2D eigenvalue weighted by Crippen LogP contribution is 2.40. The lowest BCUT2D eigenvalue weighted by molar-refractivity contribution is -0.109. The van der Waals surface area contributed by atoms with Crippen LogP contribution < -0.4 is 15.5 Å². The molecule has 0 aliphatic carbocycles. The quantitative estimate of drug-likeness (QED) is 0.581. The van der Waals surface area contributed by atoms with Gasteiger partial charge in [0.2, 0.25) is 5.89 Å². The van der Waals surface area contributed by atoms with Crippen molar-refractivity contribution in [1.82, 2.24) is 20.5 Å². The topological polar surface area (TPSA) is 113 Å². The monoisotopic (exact) mass is 440 g/mol. The van der Waals surface area contributed by atoms with Crippen molar-refractivity contribution in [3.8, 4) is 11.5 Å². The van der Waals surface area contributed by atoms with Gasteiger partial charge in [-0.1, -0.05) is 42.4 Å². The summed E-state index contributed by atoms with van der Waals surface area (Å²) in [7, 11) is 1.54. The number of nitrogens with one attached hydrogen (secondary N) is 2. The number of fused-ring (bicyclic) bond motifs is 1. The molecule has 162 valence electrons. The number of urea groups is 1. The summed E-state index contributed by atoms with van der Waals surface area (Å²) in [6.45, 7) is 6.21. The average molecular weight is 441 g/mol. The molecule has 2 N–H and O–H groups in total. The lowest BCUT2D eigenvalue weighted by atomic mass is 10.0. The van der Waals surface area contributed by atoms with E-state index in [1.807, 2.05) is 30.0 Å². The number of hydrogen-bond donors (Lipinski definition) is 2. The Hall–Kier alpha value is -3.27. The maximum absolute atomic E-state index is 11.9. The number of nitrogens with zero attached hydrogens (tertiary/aromatic N) is 4. The van der Waals surface area contributed by atoms with E-state index in [1.54, 1.807) is 7.05 Å². The Morgan fingerprint density at radius 1 is 1.35 bits per heavy atom. The molecule has 31 heavy (non-hydrogen) atoms. The van der Waals surface area contributed by atoms with Gasteiger partial charge in [-0.3, -0.25) is 5.32 Å². The van der Waals surface area contributed by atoms with Crippen molar-refractivity contribution >= 4 is 34.8 Å². The van der Waals surface area contributed by atoms with Crippen LogP contribution in [0.15, 0.2) is 28.7 Å². The third-order valence-corrected chi connectivity index (χ3v) is 6.51. The summed E-state index contributed by atoms with van der Waals surface area (Å²) in [6, 6.07) is 7.24. The molecule has 0 unspecified atom stereocenters. The molecule has 1 aromatic carbocycles. The van der Waals surface area contributed by atoms with Gasteiger partial charge in [0, 0.05) is 19.0 Å². The number of hydrogen-bond acceptors (Lipinski definition) is 8. The summed E-state index contributed by atoms with van der Waals surface area (Å²) in [6.07, 6.45) is 1.27. The Morgan fingerprint density at radius 2 is 2.16 bits per heavy atom. The van der Waals surface area contributed by atoms with E-state index >= 15 is 0 Å². The minimum Gasteiger partial charge on any atom is -0.403 e. The molecular formula is C21H24N6O3S. The fraction of sp³-hybridized carbons (Fsp3) is 0.381. The number of amides is 2. The highest BCUT2D eigenvalue weighted by atomic mass is 32.1. The van der Waals surface area contributed by atoms with Gasteiger partial charge in [-0.15, -0.1) is 5.10 Å². The van der Waals surface area contributed by atoms with E-state index in [-0.39, 0.29) is 18.1 Å². The number of carbonyl (C=O) groups is 2. The smallest absolute Gasteiger partial charge is 0.320 e. The molecule has 0 fully saturated rings. The van der Waals surface area contributed by atoms with Crippen molar-refractivity contribution in [2.75, 3.05) is 17.3 Å². The Bertz CT molecular complexity index is 1110.